The van der Waals surface area contributed by atoms with Crippen molar-refractivity contribution in [2.75, 3.05) is 5.73 Å². The van der Waals surface area contributed by atoms with Gasteiger partial charge in [0.2, 0.25) is 0 Å². The molecule has 0 saturated carbocycles. The highest BCUT2D eigenvalue weighted by molar-refractivity contribution is 6.32. The maximum absolute atomic E-state index is 10.6. The highest BCUT2D eigenvalue weighted by Crippen LogP contribution is 2.22. The fourth-order valence-corrected chi connectivity index (χ4v) is 1.03. The van der Waals surface area contributed by atoms with E-state index >= 15 is 0 Å². The van der Waals surface area contributed by atoms with Gasteiger partial charge in [0.05, 0.1) is 11.3 Å². The van der Waals surface area contributed by atoms with Crippen LogP contribution in [-0.2, 0) is 0 Å². The number of hydrogen-bond donors (Lipinski definition) is 2. The fourth-order valence-electron chi connectivity index (χ4n) is 0.887. The Morgan fingerprint density at radius 1 is 1.75 bits per heavy atom. The normalized spacial score (nSPS) is 9.83. The Balaban J connectivity index is 3.43. The van der Waals surface area contributed by atoms with Gasteiger partial charge in [0.15, 0.2) is 5.15 Å². The molecule has 1 aromatic rings. The highest BCUT2D eigenvalue weighted by Gasteiger charge is 2.14. The highest BCUT2D eigenvalue weighted by atomic mass is 35.5. The third-order valence-corrected chi connectivity index (χ3v) is 1.77. The number of nitrogen functional groups attached to an aromatic ring is 1. The van der Waals surface area contributed by atoms with Crippen molar-refractivity contribution in [2.45, 2.75) is 6.92 Å². The summed E-state index contributed by atoms with van der Waals surface area (Å²) in [6.45, 7) is 1.61. The van der Waals surface area contributed by atoms with Crippen molar-refractivity contribution >= 4 is 23.3 Å². The Morgan fingerprint density at radius 3 is 2.75 bits per heavy atom. The third kappa shape index (κ3) is 1.33. The zero-order chi connectivity index (χ0) is 9.30. The monoisotopic (exact) mass is 186 g/mol. The zero-order valence-electron chi connectivity index (χ0n) is 6.34. The van der Waals surface area contributed by atoms with E-state index in [2.05, 4.69) is 4.98 Å². The predicted molar refractivity (Wildman–Crippen MR) is 45.4 cm³/mol. The molecule has 0 bridgehead atoms. The number of pyridine rings is 1. The van der Waals surface area contributed by atoms with Crippen molar-refractivity contribution in [3.8, 4) is 0 Å². The van der Waals surface area contributed by atoms with E-state index in [-0.39, 0.29) is 16.4 Å². The summed E-state index contributed by atoms with van der Waals surface area (Å²) in [5.74, 6) is -1.09. The van der Waals surface area contributed by atoms with Crippen molar-refractivity contribution in [1.29, 1.82) is 0 Å². The second-order valence-corrected chi connectivity index (χ2v) is 2.68. The Hall–Kier alpha value is -1.29. The van der Waals surface area contributed by atoms with Gasteiger partial charge >= 0.3 is 5.97 Å². The van der Waals surface area contributed by atoms with Crippen LogP contribution in [0.2, 0.25) is 5.15 Å². The lowest BCUT2D eigenvalue weighted by Crippen LogP contribution is -2.06. The number of anilines is 1. The number of aromatic nitrogens is 1. The minimum atomic E-state index is -1.09. The van der Waals surface area contributed by atoms with Gasteiger partial charge < -0.3 is 10.8 Å². The van der Waals surface area contributed by atoms with Crippen LogP contribution in [0, 0.1) is 6.92 Å². The Morgan fingerprint density at radius 2 is 2.33 bits per heavy atom. The van der Waals surface area contributed by atoms with E-state index in [1.165, 1.54) is 6.20 Å². The molecule has 1 aromatic heterocycles. The van der Waals surface area contributed by atoms with Crippen LogP contribution in [0.1, 0.15) is 15.9 Å². The van der Waals surface area contributed by atoms with Gasteiger partial charge in [-0.05, 0) is 12.5 Å². The van der Waals surface area contributed by atoms with E-state index in [1.807, 2.05) is 0 Å². The molecule has 0 fully saturated rings. The van der Waals surface area contributed by atoms with Crippen LogP contribution in [0.15, 0.2) is 6.20 Å². The molecule has 0 amide bonds. The molecule has 4 nitrogen and oxygen atoms in total. The molecule has 12 heavy (non-hydrogen) atoms. The third-order valence-electron chi connectivity index (χ3n) is 1.47. The first-order valence-electron chi connectivity index (χ1n) is 3.18. The average Bonchev–Trinajstić information content (AvgIpc) is 1.97. The molecule has 0 aromatic carbocycles. The molecule has 0 atom stereocenters. The van der Waals surface area contributed by atoms with Gasteiger partial charge in [-0.15, -0.1) is 0 Å². The summed E-state index contributed by atoms with van der Waals surface area (Å²) in [6, 6.07) is 0. The first-order valence-corrected chi connectivity index (χ1v) is 3.55. The van der Waals surface area contributed by atoms with Crippen LogP contribution in [0.5, 0.6) is 0 Å². The smallest absolute Gasteiger partial charge is 0.338 e. The molecule has 0 aliphatic heterocycles. The number of carboxylic acids is 1. The number of aryl methyl sites for hydroxylation is 1. The molecule has 1 rings (SSSR count). The molecule has 64 valence electrons. The molecule has 3 N–H and O–H groups in total. The molecule has 5 heteroatoms. The molecule has 0 saturated heterocycles. The minimum Gasteiger partial charge on any atom is -0.478 e. The Kier molecular flexibility index (Phi) is 2.19. The lowest BCUT2D eigenvalue weighted by molar-refractivity contribution is 0.0697. The lowest BCUT2D eigenvalue weighted by Gasteiger charge is -2.04. The van der Waals surface area contributed by atoms with E-state index in [1.54, 1.807) is 6.92 Å². The topological polar surface area (TPSA) is 76.2 Å². The first kappa shape index (κ1) is 8.80. The van der Waals surface area contributed by atoms with Gasteiger partial charge in [-0.25, -0.2) is 9.78 Å². The van der Waals surface area contributed by atoms with E-state index in [9.17, 15) is 4.79 Å². The number of rotatable bonds is 1. The van der Waals surface area contributed by atoms with Crippen molar-refractivity contribution < 1.29 is 9.90 Å². The van der Waals surface area contributed by atoms with Crippen LogP contribution in [0.4, 0.5) is 5.69 Å². The molecular weight excluding hydrogens is 180 g/mol. The molecule has 0 radical (unpaired) electrons. The Labute approximate surface area is 74.0 Å². The van der Waals surface area contributed by atoms with Crippen molar-refractivity contribution in [3.05, 3.63) is 22.5 Å². The van der Waals surface area contributed by atoms with Crippen LogP contribution in [0.3, 0.4) is 0 Å². The standard InChI is InChI=1S/C7H7ClN2O2/c1-3-2-10-6(8)5(9)4(3)7(11)12/h2H,9H2,1H3,(H,11,12). The molecule has 0 aliphatic rings. The van der Waals surface area contributed by atoms with Crippen LogP contribution < -0.4 is 5.73 Å². The van der Waals surface area contributed by atoms with E-state index in [0.29, 0.717) is 5.56 Å². The summed E-state index contributed by atoms with van der Waals surface area (Å²) in [6.07, 6.45) is 1.38. The summed E-state index contributed by atoms with van der Waals surface area (Å²) in [5, 5.41) is 8.73. The van der Waals surface area contributed by atoms with Gasteiger partial charge in [-0.1, -0.05) is 11.6 Å². The molecular formula is C7H7ClN2O2. The van der Waals surface area contributed by atoms with Gasteiger partial charge in [0.1, 0.15) is 0 Å². The van der Waals surface area contributed by atoms with Crippen molar-refractivity contribution in [2.24, 2.45) is 0 Å². The molecule has 0 aliphatic carbocycles. The van der Waals surface area contributed by atoms with Crippen LogP contribution in [0.25, 0.3) is 0 Å². The van der Waals surface area contributed by atoms with Gasteiger partial charge in [0, 0.05) is 6.20 Å². The van der Waals surface area contributed by atoms with E-state index in [4.69, 9.17) is 22.4 Å². The van der Waals surface area contributed by atoms with Crippen molar-refractivity contribution in [3.63, 3.8) is 0 Å². The molecule has 0 spiro atoms. The number of hydrogen-bond acceptors (Lipinski definition) is 3. The average molecular weight is 187 g/mol. The van der Waals surface area contributed by atoms with Crippen LogP contribution in [-0.4, -0.2) is 16.1 Å². The maximum Gasteiger partial charge on any atom is 0.338 e. The summed E-state index contributed by atoms with van der Waals surface area (Å²) in [5.41, 5.74) is 5.95. The maximum atomic E-state index is 10.6. The van der Waals surface area contributed by atoms with Gasteiger partial charge in [-0.3, -0.25) is 0 Å². The fraction of sp³-hybridized carbons (Fsp3) is 0.143. The van der Waals surface area contributed by atoms with Crippen molar-refractivity contribution in [1.82, 2.24) is 4.98 Å². The number of carbonyl (C=O) groups is 1. The predicted octanol–water partition coefficient (Wildman–Crippen LogP) is 1.32. The summed E-state index contributed by atoms with van der Waals surface area (Å²) < 4.78 is 0. The van der Waals surface area contributed by atoms with Gasteiger partial charge in [-0.2, -0.15) is 0 Å². The SMILES string of the molecule is Cc1cnc(Cl)c(N)c1C(=O)O. The second kappa shape index (κ2) is 2.98. The number of halogens is 1. The summed E-state index contributed by atoms with van der Waals surface area (Å²) >= 11 is 5.53. The number of aromatic carboxylic acids is 1. The van der Waals surface area contributed by atoms with E-state index < -0.39 is 5.97 Å². The van der Waals surface area contributed by atoms with E-state index in [0.717, 1.165) is 0 Å². The second-order valence-electron chi connectivity index (χ2n) is 2.33. The lowest BCUT2D eigenvalue weighted by atomic mass is 10.1. The molecule has 0 unspecified atom stereocenters. The quantitative estimate of drug-likeness (QED) is 0.649. The first-order chi connectivity index (χ1) is 5.54. The largest absolute Gasteiger partial charge is 0.478 e. The number of nitrogens with zero attached hydrogens (tertiary/aromatic N) is 1. The number of carboxylic acid groups (broad SMARTS) is 1. The number of nitrogens with two attached hydrogens (primary N) is 1. The zero-order valence-corrected chi connectivity index (χ0v) is 7.09. The summed E-state index contributed by atoms with van der Waals surface area (Å²) in [7, 11) is 0. The molecule has 1 heterocycles. The van der Waals surface area contributed by atoms with Crippen LogP contribution >= 0.6 is 11.6 Å². The summed E-state index contributed by atoms with van der Waals surface area (Å²) in [4.78, 5) is 14.3. The Bertz CT molecular complexity index is 338. The van der Waals surface area contributed by atoms with Gasteiger partial charge in [0.25, 0.3) is 0 Å². The minimum absolute atomic E-state index is 0.0177.